The molecule has 1 heterocycles. The molecule has 3 rings (SSSR count). The van der Waals surface area contributed by atoms with Crippen molar-refractivity contribution in [1.29, 1.82) is 0 Å². The highest BCUT2D eigenvalue weighted by Crippen LogP contribution is 2.40. The molecular formula is C17H20N2O4S2. The fourth-order valence-electron chi connectivity index (χ4n) is 3.10. The molecule has 6 nitrogen and oxygen atoms in total. The van der Waals surface area contributed by atoms with Gasteiger partial charge in [0.15, 0.2) is 0 Å². The van der Waals surface area contributed by atoms with Crippen molar-refractivity contribution < 1.29 is 17.9 Å². The molecule has 1 aliphatic rings. The van der Waals surface area contributed by atoms with Gasteiger partial charge in [-0.05, 0) is 42.9 Å². The maximum atomic E-state index is 12.8. The number of ether oxygens (including phenoxy) is 1. The molecule has 0 radical (unpaired) electrons. The van der Waals surface area contributed by atoms with E-state index in [4.69, 9.17) is 10.5 Å². The Morgan fingerprint density at radius 3 is 2.76 bits per heavy atom. The Balaban J connectivity index is 2.04. The lowest BCUT2D eigenvalue weighted by molar-refractivity contribution is 0.100. The van der Waals surface area contributed by atoms with Gasteiger partial charge in [-0.1, -0.05) is 19.1 Å². The SMILES string of the molecule is COc1ccccc1S(=O)(=O)Nc1sc2c(c1C(N)=O)CC[C@H](C)C2. The minimum atomic E-state index is -3.90. The van der Waals surface area contributed by atoms with E-state index in [1.54, 1.807) is 18.2 Å². The van der Waals surface area contributed by atoms with Gasteiger partial charge in [0.25, 0.3) is 15.9 Å². The van der Waals surface area contributed by atoms with Crippen LogP contribution in [0.5, 0.6) is 5.75 Å². The number of sulfonamides is 1. The number of nitrogens with one attached hydrogen (secondary N) is 1. The Morgan fingerprint density at radius 1 is 1.36 bits per heavy atom. The summed E-state index contributed by atoms with van der Waals surface area (Å²) in [4.78, 5) is 13.0. The van der Waals surface area contributed by atoms with E-state index in [1.165, 1.54) is 24.5 Å². The van der Waals surface area contributed by atoms with Gasteiger partial charge in [0.05, 0.1) is 12.7 Å². The molecule has 1 aliphatic carbocycles. The Bertz CT molecular complexity index is 919. The van der Waals surface area contributed by atoms with E-state index in [0.29, 0.717) is 11.5 Å². The predicted octanol–water partition coefficient (Wildman–Crippen LogP) is 2.78. The average molecular weight is 380 g/mol. The largest absolute Gasteiger partial charge is 0.495 e. The molecule has 1 atom stereocenters. The van der Waals surface area contributed by atoms with Crippen molar-refractivity contribution in [3.63, 3.8) is 0 Å². The van der Waals surface area contributed by atoms with Crippen molar-refractivity contribution in [3.8, 4) is 5.75 Å². The molecule has 8 heteroatoms. The second-order valence-electron chi connectivity index (χ2n) is 6.18. The summed E-state index contributed by atoms with van der Waals surface area (Å²) in [5.74, 6) is 0.140. The molecular weight excluding hydrogens is 360 g/mol. The monoisotopic (exact) mass is 380 g/mol. The van der Waals surface area contributed by atoms with Crippen LogP contribution in [0.3, 0.4) is 0 Å². The zero-order valence-electron chi connectivity index (χ0n) is 14.0. The van der Waals surface area contributed by atoms with Crippen LogP contribution in [0.2, 0.25) is 0 Å². The number of benzene rings is 1. The predicted molar refractivity (Wildman–Crippen MR) is 97.8 cm³/mol. The molecule has 0 fully saturated rings. The minimum Gasteiger partial charge on any atom is -0.495 e. The van der Waals surface area contributed by atoms with Gasteiger partial charge in [-0.3, -0.25) is 9.52 Å². The molecule has 25 heavy (non-hydrogen) atoms. The quantitative estimate of drug-likeness (QED) is 0.833. The standard InChI is InChI=1S/C17H20N2O4S2/c1-10-7-8-11-13(9-10)24-17(15(11)16(18)20)19-25(21,22)14-6-4-3-5-12(14)23-2/h3-6,10,19H,7-9H2,1-2H3,(H2,18,20)/t10-/m0/s1. The number of hydrogen-bond acceptors (Lipinski definition) is 5. The zero-order chi connectivity index (χ0) is 18.2. The molecule has 1 aromatic heterocycles. The van der Waals surface area contributed by atoms with Crippen LogP contribution < -0.4 is 15.2 Å². The van der Waals surface area contributed by atoms with Gasteiger partial charge in [0, 0.05) is 4.88 Å². The van der Waals surface area contributed by atoms with E-state index < -0.39 is 15.9 Å². The van der Waals surface area contributed by atoms with E-state index in [-0.39, 0.29) is 15.6 Å². The Labute approximate surface area is 151 Å². The van der Waals surface area contributed by atoms with Crippen LogP contribution in [-0.4, -0.2) is 21.4 Å². The molecule has 0 aliphatic heterocycles. The molecule has 0 bridgehead atoms. The average Bonchev–Trinajstić information content (AvgIpc) is 2.90. The van der Waals surface area contributed by atoms with Gasteiger partial charge in [0.1, 0.15) is 15.6 Å². The van der Waals surface area contributed by atoms with Gasteiger partial charge in [-0.2, -0.15) is 0 Å². The number of hydrogen-bond donors (Lipinski definition) is 2. The molecule has 3 N–H and O–H groups in total. The molecule has 0 spiro atoms. The Morgan fingerprint density at radius 2 is 2.08 bits per heavy atom. The van der Waals surface area contributed by atoms with Gasteiger partial charge < -0.3 is 10.5 Å². The summed E-state index contributed by atoms with van der Waals surface area (Å²) < 4.78 is 33.3. The second-order valence-corrected chi connectivity index (χ2v) is 8.93. The number of para-hydroxylation sites is 1. The fourth-order valence-corrected chi connectivity index (χ4v) is 5.99. The van der Waals surface area contributed by atoms with Crippen LogP contribution in [0.15, 0.2) is 29.2 Å². The van der Waals surface area contributed by atoms with E-state index in [2.05, 4.69) is 11.6 Å². The van der Waals surface area contributed by atoms with Crippen molar-refractivity contribution in [2.75, 3.05) is 11.8 Å². The summed E-state index contributed by atoms with van der Waals surface area (Å²) in [6.07, 6.45) is 2.53. The number of amides is 1. The van der Waals surface area contributed by atoms with Crippen LogP contribution in [-0.2, 0) is 22.9 Å². The van der Waals surface area contributed by atoms with Gasteiger partial charge in [0.2, 0.25) is 0 Å². The third-order valence-electron chi connectivity index (χ3n) is 4.34. The summed E-state index contributed by atoms with van der Waals surface area (Å²) in [5.41, 5.74) is 6.72. The molecule has 134 valence electrons. The van der Waals surface area contributed by atoms with Gasteiger partial charge >= 0.3 is 0 Å². The number of fused-ring (bicyclic) bond motifs is 1. The van der Waals surface area contributed by atoms with Crippen molar-refractivity contribution >= 4 is 32.3 Å². The zero-order valence-corrected chi connectivity index (χ0v) is 15.7. The third-order valence-corrected chi connectivity index (χ3v) is 7.03. The van der Waals surface area contributed by atoms with Crippen LogP contribution in [0.1, 0.15) is 34.1 Å². The molecule has 0 saturated heterocycles. The topological polar surface area (TPSA) is 98.5 Å². The van der Waals surface area contributed by atoms with E-state index in [0.717, 1.165) is 29.7 Å². The molecule has 0 unspecified atom stereocenters. The number of carbonyl (C=O) groups excluding carboxylic acids is 1. The van der Waals surface area contributed by atoms with Crippen LogP contribution >= 0.6 is 11.3 Å². The summed E-state index contributed by atoms with van der Waals surface area (Å²) in [5, 5.41) is 0.289. The summed E-state index contributed by atoms with van der Waals surface area (Å²) in [6.45, 7) is 2.14. The number of thiophene rings is 1. The molecule has 1 amide bonds. The van der Waals surface area contributed by atoms with Crippen LogP contribution in [0, 0.1) is 5.92 Å². The lowest BCUT2D eigenvalue weighted by Crippen LogP contribution is -2.19. The first-order valence-corrected chi connectivity index (χ1v) is 10.2. The first kappa shape index (κ1) is 17.8. The maximum Gasteiger partial charge on any atom is 0.266 e. The highest BCUT2D eigenvalue weighted by molar-refractivity contribution is 7.93. The molecule has 1 aromatic carbocycles. The summed E-state index contributed by atoms with van der Waals surface area (Å²) in [6, 6.07) is 6.34. The number of primary amides is 1. The van der Waals surface area contributed by atoms with Crippen molar-refractivity contribution in [2.24, 2.45) is 11.7 Å². The highest BCUT2D eigenvalue weighted by atomic mass is 32.2. The number of methoxy groups -OCH3 is 1. The van der Waals surface area contributed by atoms with Crippen molar-refractivity contribution in [2.45, 2.75) is 31.1 Å². The van der Waals surface area contributed by atoms with E-state index in [9.17, 15) is 13.2 Å². The summed E-state index contributed by atoms with van der Waals surface area (Å²) in [7, 11) is -2.49. The maximum absolute atomic E-state index is 12.8. The van der Waals surface area contributed by atoms with Crippen LogP contribution in [0.25, 0.3) is 0 Å². The first-order chi connectivity index (χ1) is 11.8. The molecule has 2 aromatic rings. The van der Waals surface area contributed by atoms with E-state index >= 15 is 0 Å². The normalized spacial score (nSPS) is 17.0. The highest BCUT2D eigenvalue weighted by Gasteiger charge is 2.29. The Hall–Kier alpha value is -2.06. The van der Waals surface area contributed by atoms with E-state index in [1.807, 2.05) is 0 Å². The smallest absolute Gasteiger partial charge is 0.266 e. The fraction of sp³-hybridized carbons (Fsp3) is 0.353. The second kappa shape index (κ2) is 6.68. The van der Waals surface area contributed by atoms with Gasteiger partial charge in [-0.15, -0.1) is 11.3 Å². The van der Waals surface area contributed by atoms with Crippen molar-refractivity contribution in [3.05, 3.63) is 40.3 Å². The number of nitrogens with two attached hydrogens (primary N) is 1. The lowest BCUT2D eigenvalue weighted by Gasteiger charge is -2.18. The number of anilines is 1. The third kappa shape index (κ3) is 3.36. The van der Waals surface area contributed by atoms with Crippen molar-refractivity contribution in [1.82, 2.24) is 0 Å². The van der Waals surface area contributed by atoms with Gasteiger partial charge in [-0.25, -0.2) is 8.42 Å². The van der Waals surface area contributed by atoms with Crippen LogP contribution in [0.4, 0.5) is 5.00 Å². The Kier molecular flexibility index (Phi) is 4.75. The number of carbonyl (C=O) groups is 1. The molecule has 0 saturated carbocycles. The lowest BCUT2D eigenvalue weighted by atomic mass is 9.88. The number of rotatable bonds is 5. The first-order valence-electron chi connectivity index (χ1n) is 7.93. The summed E-state index contributed by atoms with van der Waals surface area (Å²) >= 11 is 1.30. The minimum absolute atomic E-state index is 0.0210.